The highest BCUT2D eigenvalue weighted by Crippen LogP contribution is 2.54. The molecule has 2 atom stereocenters. The van der Waals surface area contributed by atoms with Crippen LogP contribution in [0.15, 0.2) is 18.0 Å². The van der Waals surface area contributed by atoms with Crippen LogP contribution >= 0.6 is 11.3 Å². The Morgan fingerprint density at radius 1 is 1.32 bits per heavy atom. The standard InChI is InChI=1S/C22H37N3O5S/c1-10-11-29-19(26)25-16(12-17(20(2,3)4)22(25,27-8)28-9)15-14-31-18(24-15)13-23-30-21(5,6)7/h10,14,16-17,23H,1,11-13H2,2-9H3/t16-,17+/m0/s1. The number of ether oxygens (including phenoxy) is 3. The topological polar surface area (TPSA) is 82.2 Å². The van der Waals surface area contributed by atoms with Crippen molar-refractivity contribution in [2.24, 2.45) is 11.3 Å². The minimum absolute atomic E-state index is 0.0993. The van der Waals surface area contributed by atoms with E-state index in [1.807, 2.05) is 26.2 Å². The minimum atomic E-state index is -1.27. The summed E-state index contributed by atoms with van der Waals surface area (Å²) >= 11 is 1.51. The molecule has 176 valence electrons. The molecule has 9 heteroatoms. The van der Waals surface area contributed by atoms with E-state index >= 15 is 0 Å². The molecule has 0 unspecified atom stereocenters. The van der Waals surface area contributed by atoms with Crippen molar-refractivity contribution in [1.29, 1.82) is 0 Å². The van der Waals surface area contributed by atoms with Gasteiger partial charge in [-0.3, -0.25) is 4.84 Å². The van der Waals surface area contributed by atoms with E-state index in [9.17, 15) is 4.79 Å². The Morgan fingerprint density at radius 3 is 2.48 bits per heavy atom. The molecule has 2 heterocycles. The molecule has 1 aliphatic heterocycles. The van der Waals surface area contributed by atoms with Crippen molar-refractivity contribution in [3.05, 3.63) is 28.7 Å². The van der Waals surface area contributed by atoms with Crippen LogP contribution in [0, 0.1) is 11.3 Å². The van der Waals surface area contributed by atoms with E-state index in [0.29, 0.717) is 13.0 Å². The van der Waals surface area contributed by atoms with Gasteiger partial charge in [0.2, 0.25) is 0 Å². The summed E-state index contributed by atoms with van der Waals surface area (Å²) in [6.45, 7) is 16.4. The highest BCUT2D eigenvalue weighted by molar-refractivity contribution is 7.09. The second kappa shape index (κ2) is 9.95. The number of carbonyl (C=O) groups excluding carboxylic acids is 1. The largest absolute Gasteiger partial charge is 0.445 e. The normalized spacial score (nSPS) is 21.4. The van der Waals surface area contributed by atoms with Gasteiger partial charge in [0, 0.05) is 25.5 Å². The predicted molar refractivity (Wildman–Crippen MR) is 120 cm³/mol. The fourth-order valence-corrected chi connectivity index (χ4v) is 4.68. The molecular formula is C22H37N3O5S. The number of methoxy groups -OCH3 is 2. The van der Waals surface area contributed by atoms with Crippen LogP contribution in [0.4, 0.5) is 4.79 Å². The van der Waals surface area contributed by atoms with Gasteiger partial charge in [-0.2, -0.15) is 5.48 Å². The van der Waals surface area contributed by atoms with Crippen molar-refractivity contribution in [3.8, 4) is 0 Å². The first kappa shape index (κ1) is 25.7. The molecule has 0 spiro atoms. The van der Waals surface area contributed by atoms with Gasteiger partial charge in [-0.05, 0) is 32.6 Å². The number of nitrogens with zero attached hydrogens (tertiary/aromatic N) is 2. The Bertz CT molecular complexity index is 749. The Hall–Kier alpha value is -1.52. The van der Waals surface area contributed by atoms with Crippen LogP contribution in [-0.2, 0) is 25.6 Å². The number of hydroxylamine groups is 1. The number of likely N-dealkylation sites (tertiary alicyclic amines) is 1. The molecule has 2 rings (SSSR count). The van der Waals surface area contributed by atoms with E-state index in [2.05, 4.69) is 32.8 Å². The maximum Gasteiger partial charge on any atom is 0.414 e. The first-order valence-corrected chi connectivity index (χ1v) is 11.3. The fraction of sp³-hybridized carbons (Fsp3) is 0.727. The van der Waals surface area contributed by atoms with Gasteiger partial charge in [-0.25, -0.2) is 14.7 Å². The van der Waals surface area contributed by atoms with Crippen molar-refractivity contribution in [1.82, 2.24) is 15.4 Å². The molecule has 0 bridgehead atoms. The van der Waals surface area contributed by atoms with E-state index in [1.54, 1.807) is 19.1 Å². The first-order chi connectivity index (χ1) is 14.4. The van der Waals surface area contributed by atoms with Crippen LogP contribution in [0.25, 0.3) is 0 Å². The third-order valence-corrected chi connectivity index (χ3v) is 6.08. The first-order valence-electron chi connectivity index (χ1n) is 10.4. The highest BCUT2D eigenvalue weighted by atomic mass is 32.1. The lowest BCUT2D eigenvalue weighted by Crippen LogP contribution is -2.56. The summed E-state index contributed by atoms with van der Waals surface area (Å²) in [7, 11) is 3.11. The molecule has 1 aromatic rings. The summed E-state index contributed by atoms with van der Waals surface area (Å²) in [5.41, 5.74) is 3.24. The number of hydrogen-bond donors (Lipinski definition) is 1. The van der Waals surface area contributed by atoms with Gasteiger partial charge in [-0.15, -0.1) is 11.3 Å². The number of rotatable bonds is 8. The van der Waals surface area contributed by atoms with Crippen molar-refractivity contribution in [2.75, 3.05) is 20.8 Å². The Labute approximate surface area is 189 Å². The van der Waals surface area contributed by atoms with Gasteiger partial charge in [-0.1, -0.05) is 33.4 Å². The molecule has 1 fully saturated rings. The van der Waals surface area contributed by atoms with E-state index in [1.165, 1.54) is 17.4 Å². The molecule has 0 aromatic carbocycles. The van der Waals surface area contributed by atoms with Crippen LogP contribution in [0.5, 0.6) is 0 Å². The Kier molecular flexibility index (Phi) is 8.27. The molecule has 0 saturated carbocycles. The molecule has 31 heavy (non-hydrogen) atoms. The molecule has 1 aromatic heterocycles. The molecule has 1 aliphatic rings. The van der Waals surface area contributed by atoms with Crippen LogP contribution in [-0.4, -0.2) is 48.3 Å². The SMILES string of the molecule is C=CCOC(=O)N1[C@H](c2csc(CNOC(C)(C)C)n2)C[C@H](C(C)(C)C)C1(OC)OC. The maximum atomic E-state index is 13.1. The lowest BCUT2D eigenvalue weighted by Gasteiger charge is -2.43. The van der Waals surface area contributed by atoms with Gasteiger partial charge in [0.1, 0.15) is 11.6 Å². The number of hydrogen-bond acceptors (Lipinski definition) is 8. The number of carbonyl (C=O) groups is 1. The second-order valence-corrected chi connectivity index (χ2v) is 10.6. The molecule has 1 saturated heterocycles. The summed E-state index contributed by atoms with van der Waals surface area (Å²) in [6, 6.07) is -0.352. The van der Waals surface area contributed by atoms with Crippen molar-refractivity contribution in [3.63, 3.8) is 0 Å². The average Bonchev–Trinajstić information content (AvgIpc) is 3.27. The summed E-state index contributed by atoms with van der Waals surface area (Å²) < 4.78 is 17.2. The molecule has 0 radical (unpaired) electrons. The quantitative estimate of drug-likeness (QED) is 0.347. The molecule has 1 N–H and O–H groups in total. The average molecular weight is 456 g/mol. The monoisotopic (exact) mass is 455 g/mol. The van der Waals surface area contributed by atoms with Gasteiger partial charge in [0.25, 0.3) is 5.91 Å². The van der Waals surface area contributed by atoms with Crippen LogP contribution < -0.4 is 5.48 Å². The lowest BCUT2D eigenvalue weighted by atomic mass is 9.77. The second-order valence-electron chi connectivity index (χ2n) is 9.65. The van der Waals surface area contributed by atoms with Gasteiger partial charge < -0.3 is 14.2 Å². The number of aromatic nitrogens is 1. The summed E-state index contributed by atoms with van der Waals surface area (Å²) in [5, 5.41) is 2.83. The molecule has 1 amide bonds. The third kappa shape index (κ3) is 5.84. The molecule has 8 nitrogen and oxygen atoms in total. The minimum Gasteiger partial charge on any atom is -0.445 e. The smallest absolute Gasteiger partial charge is 0.414 e. The summed E-state index contributed by atoms with van der Waals surface area (Å²) in [5.74, 6) is -1.37. The van der Waals surface area contributed by atoms with E-state index < -0.39 is 12.0 Å². The Morgan fingerprint density at radius 2 is 1.97 bits per heavy atom. The predicted octanol–water partition coefficient (Wildman–Crippen LogP) is 4.64. The van der Waals surface area contributed by atoms with Crippen molar-refractivity contribution < 1.29 is 23.8 Å². The lowest BCUT2D eigenvalue weighted by molar-refractivity contribution is -0.306. The number of amides is 1. The van der Waals surface area contributed by atoms with Crippen LogP contribution in [0.3, 0.4) is 0 Å². The van der Waals surface area contributed by atoms with Crippen LogP contribution in [0.2, 0.25) is 0 Å². The van der Waals surface area contributed by atoms with Crippen molar-refractivity contribution >= 4 is 17.4 Å². The highest BCUT2D eigenvalue weighted by Gasteiger charge is 2.61. The summed E-state index contributed by atoms with van der Waals surface area (Å²) in [4.78, 5) is 25.0. The number of nitrogens with one attached hydrogen (secondary N) is 1. The van der Waals surface area contributed by atoms with Crippen LogP contribution in [0.1, 0.15) is 64.7 Å². The molecular weight excluding hydrogens is 418 g/mol. The maximum absolute atomic E-state index is 13.1. The zero-order valence-corrected chi connectivity index (χ0v) is 20.8. The summed E-state index contributed by atoms with van der Waals surface area (Å²) in [6.07, 6.45) is 1.64. The Balaban J connectivity index is 2.37. The molecule has 0 aliphatic carbocycles. The fourth-order valence-electron chi connectivity index (χ4n) is 3.91. The van der Waals surface area contributed by atoms with E-state index in [0.717, 1.165) is 10.7 Å². The van der Waals surface area contributed by atoms with E-state index in [-0.39, 0.29) is 29.6 Å². The van der Waals surface area contributed by atoms with Gasteiger partial charge >= 0.3 is 6.09 Å². The van der Waals surface area contributed by atoms with Gasteiger partial charge in [0.15, 0.2) is 0 Å². The third-order valence-electron chi connectivity index (χ3n) is 5.21. The number of thiazole rings is 1. The van der Waals surface area contributed by atoms with E-state index in [4.69, 9.17) is 24.0 Å². The van der Waals surface area contributed by atoms with Gasteiger partial charge in [0.05, 0.1) is 23.9 Å². The zero-order chi connectivity index (χ0) is 23.4. The van der Waals surface area contributed by atoms with Crippen molar-refractivity contribution in [2.45, 2.75) is 72.1 Å². The zero-order valence-electron chi connectivity index (χ0n) is 20.0.